The molecule has 1 aromatic carbocycles. The molecule has 2 aliphatic rings. The third-order valence-corrected chi connectivity index (χ3v) is 6.09. The number of ether oxygens (including phenoxy) is 1. The Morgan fingerprint density at radius 1 is 1.06 bits per heavy atom. The SMILES string of the molecule is Cc1cc(N2CC3CCC(C2)C3Nc2nc(Oc3cc(F)cc(F)c3)n(/C=C/F)n2)ncn1. The van der Waals surface area contributed by atoms with Crippen LogP contribution in [0.2, 0.25) is 0 Å². The van der Waals surface area contributed by atoms with Crippen molar-refractivity contribution in [1.29, 1.82) is 0 Å². The number of hydrogen-bond acceptors (Lipinski definition) is 7. The summed E-state index contributed by atoms with van der Waals surface area (Å²) in [6, 6.07) is 4.76. The van der Waals surface area contributed by atoms with Crippen LogP contribution in [0.4, 0.5) is 24.9 Å². The van der Waals surface area contributed by atoms with Crippen LogP contribution in [0.5, 0.6) is 11.8 Å². The molecule has 2 atom stereocenters. The molecule has 2 unspecified atom stereocenters. The van der Waals surface area contributed by atoms with Crippen LogP contribution in [-0.2, 0) is 0 Å². The third-order valence-electron chi connectivity index (χ3n) is 6.09. The Morgan fingerprint density at radius 2 is 1.79 bits per heavy atom. The number of aryl methyl sites for hydroxylation is 1. The van der Waals surface area contributed by atoms with E-state index >= 15 is 0 Å². The van der Waals surface area contributed by atoms with Crippen LogP contribution >= 0.6 is 0 Å². The molecule has 2 aromatic heterocycles. The molecule has 2 fully saturated rings. The summed E-state index contributed by atoms with van der Waals surface area (Å²) < 4.78 is 46.4. The van der Waals surface area contributed by atoms with Gasteiger partial charge in [0.25, 0.3) is 0 Å². The molecular formula is C22H22F3N7O. The normalized spacial score (nSPS) is 22.2. The van der Waals surface area contributed by atoms with Crippen LogP contribution in [0.3, 0.4) is 0 Å². The zero-order valence-electron chi connectivity index (χ0n) is 17.8. The van der Waals surface area contributed by atoms with Gasteiger partial charge >= 0.3 is 6.01 Å². The van der Waals surface area contributed by atoms with Gasteiger partial charge in [-0.2, -0.15) is 9.67 Å². The minimum absolute atomic E-state index is 0.103. The van der Waals surface area contributed by atoms with Crippen molar-refractivity contribution >= 4 is 18.0 Å². The van der Waals surface area contributed by atoms with Crippen molar-refractivity contribution in [3.8, 4) is 11.8 Å². The fourth-order valence-electron chi connectivity index (χ4n) is 4.69. The van der Waals surface area contributed by atoms with Crippen LogP contribution in [0, 0.1) is 30.4 Å². The van der Waals surface area contributed by atoms with E-state index in [9.17, 15) is 13.2 Å². The minimum Gasteiger partial charge on any atom is -0.424 e. The van der Waals surface area contributed by atoms with Crippen molar-refractivity contribution in [1.82, 2.24) is 24.7 Å². The van der Waals surface area contributed by atoms with Gasteiger partial charge in [0.2, 0.25) is 5.95 Å². The quantitative estimate of drug-likeness (QED) is 0.595. The number of fused-ring (bicyclic) bond motifs is 2. The van der Waals surface area contributed by atoms with Gasteiger partial charge in [-0.15, -0.1) is 5.10 Å². The maximum Gasteiger partial charge on any atom is 0.326 e. The van der Waals surface area contributed by atoms with E-state index in [1.54, 1.807) is 6.33 Å². The van der Waals surface area contributed by atoms with E-state index < -0.39 is 11.6 Å². The van der Waals surface area contributed by atoms with Crippen LogP contribution in [0.15, 0.2) is 36.9 Å². The molecule has 0 spiro atoms. The van der Waals surface area contributed by atoms with Gasteiger partial charge in [0, 0.05) is 49.1 Å². The van der Waals surface area contributed by atoms with Crippen LogP contribution in [0.25, 0.3) is 6.20 Å². The summed E-state index contributed by atoms with van der Waals surface area (Å²) in [7, 11) is 0. The molecule has 1 aliphatic carbocycles. The summed E-state index contributed by atoms with van der Waals surface area (Å²) in [6.45, 7) is 3.61. The van der Waals surface area contributed by atoms with Crippen molar-refractivity contribution in [3.05, 3.63) is 54.3 Å². The van der Waals surface area contributed by atoms with Gasteiger partial charge in [-0.05, 0) is 31.6 Å². The zero-order valence-corrected chi connectivity index (χ0v) is 17.8. The van der Waals surface area contributed by atoms with Gasteiger partial charge in [-0.25, -0.2) is 23.1 Å². The fourth-order valence-corrected chi connectivity index (χ4v) is 4.69. The number of nitrogens with one attached hydrogen (secondary N) is 1. The van der Waals surface area contributed by atoms with E-state index in [1.165, 1.54) is 0 Å². The third kappa shape index (κ3) is 4.48. The lowest BCUT2D eigenvalue weighted by Gasteiger charge is -2.38. The summed E-state index contributed by atoms with van der Waals surface area (Å²) in [5.41, 5.74) is 0.925. The fraction of sp³-hybridized carbons (Fsp3) is 0.364. The van der Waals surface area contributed by atoms with Gasteiger partial charge in [0.15, 0.2) is 0 Å². The molecule has 11 heteroatoms. The summed E-state index contributed by atoms with van der Waals surface area (Å²) in [6.07, 6.45) is 4.99. The van der Waals surface area contributed by atoms with Crippen LogP contribution < -0.4 is 15.0 Å². The van der Waals surface area contributed by atoms with Crippen molar-refractivity contribution in [2.24, 2.45) is 11.8 Å². The van der Waals surface area contributed by atoms with Crippen molar-refractivity contribution in [2.45, 2.75) is 25.8 Å². The van der Waals surface area contributed by atoms with Gasteiger partial charge in [0.05, 0.1) is 6.20 Å². The number of hydrogen-bond donors (Lipinski definition) is 1. The van der Waals surface area contributed by atoms with Crippen LogP contribution in [0.1, 0.15) is 18.5 Å². The average Bonchev–Trinajstić information content (AvgIpc) is 3.22. The Kier molecular flexibility index (Phi) is 5.61. The predicted molar refractivity (Wildman–Crippen MR) is 115 cm³/mol. The highest BCUT2D eigenvalue weighted by atomic mass is 19.1. The van der Waals surface area contributed by atoms with E-state index in [1.807, 2.05) is 13.0 Å². The lowest BCUT2D eigenvalue weighted by molar-refractivity contribution is 0.374. The predicted octanol–water partition coefficient (Wildman–Crippen LogP) is 4.17. The van der Waals surface area contributed by atoms with E-state index in [0.717, 1.165) is 66.5 Å². The number of rotatable bonds is 6. The summed E-state index contributed by atoms with van der Waals surface area (Å²) >= 11 is 0. The number of aromatic nitrogens is 5. The lowest BCUT2D eigenvalue weighted by Crippen LogP contribution is -2.48. The van der Waals surface area contributed by atoms with Crippen molar-refractivity contribution in [3.63, 3.8) is 0 Å². The summed E-state index contributed by atoms with van der Waals surface area (Å²) in [4.78, 5) is 15.1. The van der Waals surface area contributed by atoms with E-state index in [0.29, 0.717) is 11.8 Å². The molecule has 172 valence electrons. The first-order chi connectivity index (χ1) is 16.0. The molecule has 0 radical (unpaired) electrons. The first-order valence-corrected chi connectivity index (χ1v) is 10.7. The monoisotopic (exact) mass is 457 g/mol. The number of nitrogens with zero attached hydrogens (tertiary/aromatic N) is 6. The molecule has 2 bridgehead atoms. The second-order valence-electron chi connectivity index (χ2n) is 8.34. The molecule has 8 nitrogen and oxygen atoms in total. The van der Waals surface area contributed by atoms with Crippen molar-refractivity contribution < 1.29 is 17.9 Å². The standard InChI is InChI=1S/C22H22F3N7O/c1-13-6-19(27-12-26-13)31-10-14-2-3-15(11-31)20(14)28-21-29-22(32(30-21)5-4-23)33-18-8-16(24)7-17(25)9-18/h4-9,12,14-15,20H,2-3,10-11H2,1H3,(H,28,30)/b5-4+. The Balaban J connectivity index is 1.33. The average molecular weight is 457 g/mol. The Hall–Kier alpha value is -3.63. The summed E-state index contributed by atoms with van der Waals surface area (Å²) in [5, 5.41) is 7.61. The Morgan fingerprint density at radius 3 is 2.45 bits per heavy atom. The molecular weight excluding hydrogens is 435 g/mol. The van der Waals surface area contributed by atoms with E-state index in [-0.39, 0.29) is 30.1 Å². The molecule has 1 N–H and O–H groups in total. The van der Waals surface area contributed by atoms with Gasteiger partial charge < -0.3 is 15.0 Å². The minimum atomic E-state index is -0.794. The van der Waals surface area contributed by atoms with Gasteiger partial charge in [0.1, 0.15) is 35.9 Å². The molecule has 3 heterocycles. The second-order valence-corrected chi connectivity index (χ2v) is 8.34. The molecule has 1 aliphatic heterocycles. The molecule has 1 saturated carbocycles. The number of halogens is 3. The molecule has 33 heavy (non-hydrogen) atoms. The number of anilines is 2. The topological polar surface area (TPSA) is 81.0 Å². The highest BCUT2D eigenvalue weighted by molar-refractivity contribution is 5.42. The van der Waals surface area contributed by atoms with Crippen LogP contribution in [-0.4, -0.2) is 43.9 Å². The maximum absolute atomic E-state index is 13.5. The Labute approximate surface area is 188 Å². The molecule has 1 saturated heterocycles. The number of piperidine rings is 1. The molecule has 3 aromatic rings. The largest absolute Gasteiger partial charge is 0.424 e. The van der Waals surface area contributed by atoms with E-state index in [4.69, 9.17) is 4.74 Å². The number of benzene rings is 1. The second kappa shape index (κ2) is 8.72. The Bertz CT molecular complexity index is 1150. The highest BCUT2D eigenvalue weighted by Gasteiger charge is 2.43. The lowest BCUT2D eigenvalue weighted by atomic mass is 9.92. The maximum atomic E-state index is 13.5. The zero-order chi connectivity index (χ0) is 22.9. The van der Waals surface area contributed by atoms with Gasteiger partial charge in [-0.3, -0.25) is 0 Å². The molecule has 0 amide bonds. The molecule has 5 rings (SSSR count). The highest BCUT2D eigenvalue weighted by Crippen LogP contribution is 2.39. The first kappa shape index (κ1) is 21.2. The smallest absolute Gasteiger partial charge is 0.326 e. The summed E-state index contributed by atoms with van der Waals surface area (Å²) in [5.74, 6) is 0.192. The first-order valence-electron chi connectivity index (χ1n) is 10.7. The van der Waals surface area contributed by atoms with E-state index in [2.05, 4.69) is 30.3 Å². The van der Waals surface area contributed by atoms with Gasteiger partial charge in [-0.1, -0.05) is 0 Å². The van der Waals surface area contributed by atoms with Crippen molar-refractivity contribution in [2.75, 3.05) is 23.3 Å².